The van der Waals surface area contributed by atoms with E-state index in [1.165, 1.54) is 0 Å². The lowest BCUT2D eigenvalue weighted by molar-refractivity contribution is -0.142. The van der Waals surface area contributed by atoms with Crippen LogP contribution in [0.4, 0.5) is 0 Å². The van der Waals surface area contributed by atoms with Crippen molar-refractivity contribution in [3.63, 3.8) is 0 Å². The van der Waals surface area contributed by atoms with Crippen molar-refractivity contribution in [1.29, 1.82) is 0 Å². The van der Waals surface area contributed by atoms with Gasteiger partial charge in [-0.3, -0.25) is 4.79 Å². The smallest absolute Gasteiger partial charge is 0.306 e. The van der Waals surface area contributed by atoms with Crippen LogP contribution in [-0.4, -0.2) is 27.3 Å². The number of nitrogens with one attached hydrogen (secondary N) is 1. The molecule has 0 bridgehead atoms. The highest BCUT2D eigenvalue weighted by Crippen LogP contribution is 2.24. The number of hydrogen-bond donors (Lipinski definition) is 2. The van der Waals surface area contributed by atoms with E-state index in [1.807, 2.05) is 0 Å². The third kappa shape index (κ3) is 3.26. The number of rotatable bonds is 4. The van der Waals surface area contributed by atoms with Gasteiger partial charge in [0.15, 0.2) is 5.82 Å². The Bertz CT molecular complexity index is 383. The third-order valence-corrected chi connectivity index (χ3v) is 3.19. The molecule has 0 atom stereocenters. The third-order valence-electron chi connectivity index (χ3n) is 3.19. The van der Waals surface area contributed by atoms with E-state index in [2.05, 4.69) is 15.5 Å². The lowest BCUT2D eigenvalue weighted by Gasteiger charge is -2.26. The van der Waals surface area contributed by atoms with Gasteiger partial charge in [-0.25, -0.2) is 0 Å². The van der Waals surface area contributed by atoms with Gasteiger partial charge < -0.3 is 14.9 Å². The molecular formula is C11H17N3O3. The van der Waals surface area contributed by atoms with Crippen LogP contribution < -0.4 is 5.32 Å². The van der Waals surface area contributed by atoms with Gasteiger partial charge in [0.2, 0.25) is 5.89 Å². The van der Waals surface area contributed by atoms with Crippen LogP contribution in [-0.2, 0) is 11.3 Å². The first-order chi connectivity index (χ1) is 8.15. The first kappa shape index (κ1) is 12.0. The molecular weight excluding hydrogens is 222 g/mol. The fraction of sp³-hybridized carbons (Fsp3) is 0.727. The molecule has 1 aliphatic rings. The maximum Gasteiger partial charge on any atom is 0.306 e. The average Bonchev–Trinajstić information content (AvgIpc) is 2.73. The largest absolute Gasteiger partial charge is 0.481 e. The molecule has 1 saturated carbocycles. The Morgan fingerprint density at radius 2 is 2.18 bits per heavy atom. The second kappa shape index (κ2) is 5.27. The molecule has 17 heavy (non-hydrogen) atoms. The highest BCUT2D eigenvalue weighted by Gasteiger charge is 2.25. The second-order valence-electron chi connectivity index (χ2n) is 4.50. The van der Waals surface area contributed by atoms with Crippen LogP contribution in [0.1, 0.15) is 37.4 Å². The van der Waals surface area contributed by atoms with E-state index < -0.39 is 5.97 Å². The summed E-state index contributed by atoms with van der Waals surface area (Å²) < 4.78 is 4.87. The molecule has 0 amide bonds. The lowest BCUT2D eigenvalue weighted by Crippen LogP contribution is -2.34. The number of aromatic nitrogens is 2. The molecule has 0 unspecified atom stereocenters. The van der Waals surface area contributed by atoms with Crippen LogP contribution >= 0.6 is 0 Å². The standard InChI is InChI=1S/C11H17N3O3/c1-7-13-10(14-17-7)6-12-9-4-2-8(3-5-9)11(15)16/h8-9,12H,2-6H2,1H3,(H,15,16). The van der Waals surface area contributed by atoms with Crippen molar-refractivity contribution in [3.8, 4) is 0 Å². The summed E-state index contributed by atoms with van der Waals surface area (Å²) in [4.78, 5) is 14.9. The van der Waals surface area contributed by atoms with Crippen LogP contribution in [0.3, 0.4) is 0 Å². The maximum atomic E-state index is 10.8. The van der Waals surface area contributed by atoms with Gasteiger partial charge in [0.05, 0.1) is 12.5 Å². The molecule has 6 heteroatoms. The predicted molar refractivity (Wildman–Crippen MR) is 59.3 cm³/mol. The second-order valence-corrected chi connectivity index (χ2v) is 4.50. The maximum absolute atomic E-state index is 10.8. The van der Waals surface area contributed by atoms with Crippen molar-refractivity contribution in [2.24, 2.45) is 5.92 Å². The summed E-state index contributed by atoms with van der Waals surface area (Å²) >= 11 is 0. The first-order valence-corrected chi connectivity index (χ1v) is 5.90. The number of aliphatic carboxylic acids is 1. The van der Waals surface area contributed by atoms with E-state index >= 15 is 0 Å². The van der Waals surface area contributed by atoms with Gasteiger partial charge in [0, 0.05) is 13.0 Å². The number of carboxylic acid groups (broad SMARTS) is 1. The highest BCUT2D eigenvalue weighted by atomic mass is 16.5. The summed E-state index contributed by atoms with van der Waals surface area (Å²) in [6, 6.07) is 0.365. The Morgan fingerprint density at radius 3 is 2.71 bits per heavy atom. The van der Waals surface area contributed by atoms with Crippen molar-refractivity contribution < 1.29 is 14.4 Å². The van der Waals surface area contributed by atoms with Crippen LogP contribution in [0.15, 0.2) is 4.52 Å². The number of carboxylic acids is 1. The minimum Gasteiger partial charge on any atom is -0.481 e. The van der Waals surface area contributed by atoms with E-state index in [1.54, 1.807) is 6.92 Å². The Balaban J connectivity index is 1.73. The summed E-state index contributed by atoms with van der Waals surface area (Å²) in [5, 5.41) is 16.0. The topological polar surface area (TPSA) is 88.2 Å². The first-order valence-electron chi connectivity index (χ1n) is 5.90. The molecule has 0 aliphatic heterocycles. The number of nitrogens with zero attached hydrogens (tertiary/aromatic N) is 2. The average molecular weight is 239 g/mol. The zero-order valence-corrected chi connectivity index (χ0v) is 9.85. The van der Waals surface area contributed by atoms with Gasteiger partial charge in [-0.15, -0.1) is 0 Å². The Hall–Kier alpha value is -1.43. The Morgan fingerprint density at radius 1 is 1.47 bits per heavy atom. The van der Waals surface area contributed by atoms with Gasteiger partial charge in [0.1, 0.15) is 0 Å². The van der Waals surface area contributed by atoms with E-state index in [-0.39, 0.29) is 5.92 Å². The molecule has 0 saturated heterocycles. The molecule has 94 valence electrons. The predicted octanol–water partition coefficient (Wildman–Crippen LogP) is 1.11. The van der Waals surface area contributed by atoms with Gasteiger partial charge >= 0.3 is 5.97 Å². The molecule has 1 heterocycles. The van der Waals surface area contributed by atoms with Crippen molar-refractivity contribution >= 4 is 5.97 Å². The summed E-state index contributed by atoms with van der Waals surface area (Å²) in [5.41, 5.74) is 0. The minimum absolute atomic E-state index is 0.166. The van der Waals surface area contributed by atoms with E-state index in [9.17, 15) is 4.79 Å². The van der Waals surface area contributed by atoms with Gasteiger partial charge in [-0.05, 0) is 25.7 Å². The fourth-order valence-corrected chi connectivity index (χ4v) is 2.19. The van der Waals surface area contributed by atoms with Gasteiger partial charge in [-0.2, -0.15) is 4.98 Å². The molecule has 1 aromatic heterocycles. The fourth-order valence-electron chi connectivity index (χ4n) is 2.19. The number of aryl methyl sites for hydroxylation is 1. The van der Waals surface area contributed by atoms with Crippen molar-refractivity contribution in [2.45, 2.75) is 45.2 Å². The van der Waals surface area contributed by atoms with E-state index in [0.29, 0.717) is 24.3 Å². The Labute approximate surface area is 99.4 Å². The molecule has 6 nitrogen and oxygen atoms in total. The van der Waals surface area contributed by atoms with Crippen molar-refractivity contribution in [2.75, 3.05) is 0 Å². The van der Waals surface area contributed by atoms with E-state index in [0.717, 1.165) is 25.7 Å². The lowest BCUT2D eigenvalue weighted by atomic mass is 9.86. The van der Waals surface area contributed by atoms with Crippen LogP contribution in [0, 0.1) is 12.8 Å². The van der Waals surface area contributed by atoms with Crippen molar-refractivity contribution in [1.82, 2.24) is 15.5 Å². The molecule has 1 aliphatic carbocycles. The summed E-state index contributed by atoms with van der Waals surface area (Å²) in [7, 11) is 0. The monoisotopic (exact) mass is 239 g/mol. The molecule has 0 radical (unpaired) electrons. The molecule has 0 aromatic carbocycles. The quantitative estimate of drug-likeness (QED) is 0.818. The number of hydrogen-bond acceptors (Lipinski definition) is 5. The van der Waals surface area contributed by atoms with Crippen LogP contribution in [0.5, 0.6) is 0 Å². The zero-order chi connectivity index (χ0) is 12.3. The van der Waals surface area contributed by atoms with Crippen LogP contribution in [0.2, 0.25) is 0 Å². The Kier molecular flexibility index (Phi) is 3.73. The molecule has 1 fully saturated rings. The normalized spacial score (nSPS) is 24.8. The van der Waals surface area contributed by atoms with Gasteiger partial charge in [-0.1, -0.05) is 5.16 Å². The zero-order valence-electron chi connectivity index (χ0n) is 9.85. The summed E-state index contributed by atoms with van der Waals surface area (Å²) in [6.07, 6.45) is 3.29. The summed E-state index contributed by atoms with van der Waals surface area (Å²) in [6.45, 7) is 2.34. The highest BCUT2D eigenvalue weighted by molar-refractivity contribution is 5.70. The van der Waals surface area contributed by atoms with Crippen LogP contribution in [0.25, 0.3) is 0 Å². The summed E-state index contributed by atoms with van der Waals surface area (Å²) in [5.74, 6) is 0.386. The molecule has 2 rings (SSSR count). The van der Waals surface area contributed by atoms with Gasteiger partial charge in [0.25, 0.3) is 0 Å². The number of carbonyl (C=O) groups is 1. The van der Waals surface area contributed by atoms with E-state index in [4.69, 9.17) is 9.63 Å². The molecule has 2 N–H and O–H groups in total. The SMILES string of the molecule is Cc1nc(CNC2CCC(C(=O)O)CC2)no1. The van der Waals surface area contributed by atoms with Crippen molar-refractivity contribution in [3.05, 3.63) is 11.7 Å². The molecule has 0 spiro atoms. The minimum atomic E-state index is -0.669. The molecule has 1 aromatic rings.